The van der Waals surface area contributed by atoms with E-state index < -0.39 is 5.60 Å². The van der Waals surface area contributed by atoms with Crippen LogP contribution in [-0.4, -0.2) is 5.60 Å². The minimum Gasteiger partial charge on any atom is -0.488 e. The van der Waals surface area contributed by atoms with Gasteiger partial charge in [0.2, 0.25) is 0 Å². The van der Waals surface area contributed by atoms with Gasteiger partial charge in [-0.15, -0.1) is 0 Å². The van der Waals surface area contributed by atoms with Crippen molar-refractivity contribution in [3.63, 3.8) is 0 Å². The first-order chi connectivity index (χ1) is 23.4. The highest BCUT2D eigenvalue weighted by Crippen LogP contribution is 2.51. The van der Waals surface area contributed by atoms with Gasteiger partial charge in [0.25, 0.3) is 18.1 Å². The van der Waals surface area contributed by atoms with Crippen LogP contribution in [0.5, 0.6) is 28.7 Å². The maximum Gasteiger partial charge on any atom is 0.275 e. The van der Waals surface area contributed by atoms with E-state index in [9.17, 15) is 0 Å². The van der Waals surface area contributed by atoms with Crippen LogP contribution in [0.15, 0.2) is 60.7 Å². The second-order valence-corrected chi connectivity index (χ2v) is 19.1. The molecule has 0 amide bonds. The number of ether oxygens (including phenoxy) is 1. The molecule has 0 bridgehead atoms. The number of rotatable bonds is 10. The number of benzene rings is 4. The molecule has 0 saturated carbocycles. The first-order valence-electron chi connectivity index (χ1n) is 17.8. The molecule has 5 nitrogen and oxygen atoms in total. The van der Waals surface area contributed by atoms with E-state index in [0.717, 1.165) is 73.3 Å². The zero-order chi connectivity index (χ0) is 38.1. The minimum absolute atomic E-state index is 0.132. The second kappa shape index (κ2) is 15.4. The molecular formula is C44H60O5P2. The number of hydrogen-bond donors (Lipinski definition) is 0. The zero-order valence-corrected chi connectivity index (χ0v) is 35.8. The van der Waals surface area contributed by atoms with Crippen molar-refractivity contribution < 1.29 is 22.8 Å². The molecule has 276 valence electrons. The Labute approximate surface area is 312 Å². The molecule has 0 aliphatic carbocycles. The van der Waals surface area contributed by atoms with Gasteiger partial charge in [0.05, 0.1) is 0 Å². The summed E-state index contributed by atoms with van der Waals surface area (Å²) in [5.41, 5.74) is 8.67. The standard InChI is InChI=1S/C44H60O5P2/c1-27-17-28(2)20-33(19-27)46-50-48-39-35(23-31(41(5,6)7)24-37(39)42(8,9)10)36-25-32(45-44(14,15)16)26-38(43(11,12)13)40(36)49-51-47-34-21-29(3)18-30(4)22-34/h17-26,50-51H,1-16H3. The number of hydrogen-bond acceptors (Lipinski definition) is 5. The summed E-state index contributed by atoms with van der Waals surface area (Å²) in [5.74, 6) is 3.87. The average molecular weight is 731 g/mol. The van der Waals surface area contributed by atoms with Crippen molar-refractivity contribution in [1.82, 2.24) is 0 Å². The van der Waals surface area contributed by atoms with Gasteiger partial charge in [0.1, 0.15) is 34.3 Å². The molecule has 0 spiro atoms. The predicted molar refractivity (Wildman–Crippen MR) is 219 cm³/mol. The highest BCUT2D eigenvalue weighted by Gasteiger charge is 2.31. The maximum absolute atomic E-state index is 6.80. The maximum atomic E-state index is 6.80. The molecule has 0 heterocycles. The molecule has 4 rings (SSSR count). The summed E-state index contributed by atoms with van der Waals surface area (Å²) in [4.78, 5) is 0. The number of aryl methyl sites for hydroxylation is 4. The van der Waals surface area contributed by atoms with Gasteiger partial charge in [-0.3, -0.25) is 0 Å². The summed E-state index contributed by atoms with van der Waals surface area (Å²) < 4.78 is 32.8. The molecule has 4 aromatic rings. The van der Waals surface area contributed by atoms with E-state index in [0.29, 0.717) is 0 Å². The summed E-state index contributed by atoms with van der Waals surface area (Å²) in [6.07, 6.45) is 0. The predicted octanol–water partition coefficient (Wildman–Crippen LogP) is 13.6. The normalized spacial score (nSPS) is 12.9. The van der Waals surface area contributed by atoms with Crippen molar-refractivity contribution in [3.8, 4) is 39.9 Å². The fraction of sp³-hybridized carbons (Fsp3) is 0.455. The molecule has 7 heteroatoms. The lowest BCUT2D eigenvalue weighted by Crippen LogP contribution is -2.23. The van der Waals surface area contributed by atoms with Crippen molar-refractivity contribution in [2.45, 2.75) is 133 Å². The van der Waals surface area contributed by atoms with Crippen molar-refractivity contribution in [3.05, 3.63) is 99.6 Å². The van der Waals surface area contributed by atoms with Crippen LogP contribution in [0.1, 0.15) is 122 Å². The molecule has 0 aromatic heterocycles. The third-order valence-corrected chi connectivity index (χ3v) is 9.56. The van der Waals surface area contributed by atoms with Crippen LogP contribution in [0.3, 0.4) is 0 Å². The molecule has 0 aliphatic heterocycles. The molecule has 0 N–H and O–H groups in total. The van der Waals surface area contributed by atoms with Gasteiger partial charge < -0.3 is 22.8 Å². The summed E-state index contributed by atoms with van der Waals surface area (Å²) in [6.45, 7) is 34.6. The lowest BCUT2D eigenvalue weighted by molar-refractivity contribution is 0.130. The van der Waals surface area contributed by atoms with Gasteiger partial charge in [-0.2, -0.15) is 0 Å². The van der Waals surface area contributed by atoms with Crippen molar-refractivity contribution in [2.24, 2.45) is 0 Å². The van der Waals surface area contributed by atoms with E-state index in [2.05, 4.69) is 147 Å². The monoisotopic (exact) mass is 730 g/mol. The highest BCUT2D eigenvalue weighted by atomic mass is 31.1. The van der Waals surface area contributed by atoms with Crippen LogP contribution in [0, 0.1) is 27.7 Å². The van der Waals surface area contributed by atoms with Gasteiger partial charge in [-0.1, -0.05) is 80.5 Å². The van der Waals surface area contributed by atoms with E-state index in [4.69, 9.17) is 22.8 Å². The molecule has 0 fully saturated rings. The lowest BCUT2D eigenvalue weighted by atomic mass is 9.77. The topological polar surface area (TPSA) is 46.2 Å². The third-order valence-electron chi connectivity index (χ3n) is 8.34. The SMILES string of the molecule is Cc1cc(C)cc(OPOc2c(-c3cc(C(C)(C)C)cc(C(C)(C)C)c3OPOc3cc(C)cc(C)c3)cc(OC(C)(C)C)cc2C(C)(C)C)c1. The van der Waals surface area contributed by atoms with Crippen molar-refractivity contribution in [2.75, 3.05) is 0 Å². The van der Waals surface area contributed by atoms with Crippen LogP contribution in [-0.2, 0) is 16.2 Å². The van der Waals surface area contributed by atoms with Gasteiger partial charge in [-0.25, -0.2) is 0 Å². The summed E-state index contributed by atoms with van der Waals surface area (Å²) in [6, 6.07) is 21.2. The van der Waals surface area contributed by atoms with Gasteiger partial charge >= 0.3 is 0 Å². The Morgan fingerprint density at radius 1 is 0.392 bits per heavy atom. The Morgan fingerprint density at radius 3 is 1.16 bits per heavy atom. The molecule has 2 atom stereocenters. The highest BCUT2D eigenvalue weighted by molar-refractivity contribution is 7.27. The van der Waals surface area contributed by atoms with E-state index in [1.165, 1.54) is 5.56 Å². The molecule has 0 radical (unpaired) electrons. The van der Waals surface area contributed by atoms with Gasteiger partial charge in [-0.05, 0) is 135 Å². The quantitative estimate of drug-likeness (QED) is 0.152. The van der Waals surface area contributed by atoms with Crippen LogP contribution >= 0.6 is 18.1 Å². The van der Waals surface area contributed by atoms with Crippen LogP contribution in [0.4, 0.5) is 0 Å². The average Bonchev–Trinajstić information content (AvgIpc) is 2.94. The molecule has 0 saturated heterocycles. The van der Waals surface area contributed by atoms with E-state index >= 15 is 0 Å². The Morgan fingerprint density at radius 2 is 0.784 bits per heavy atom. The summed E-state index contributed by atoms with van der Waals surface area (Å²) in [5, 5.41) is 0. The molecule has 2 unspecified atom stereocenters. The largest absolute Gasteiger partial charge is 0.488 e. The van der Waals surface area contributed by atoms with Crippen LogP contribution in [0.2, 0.25) is 0 Å². The molecule has 0 aliphatic rings. The van der Waals surface area contributed by atoms with Gasteiger partial charge in [0, 0.05) is 22.3 Å². The first-order valence-corrected chi connectivity index (χ1v) is 19.4. The fourth-order valence-corrected chi connectivity index (χ4v) is 7.13. The van der Waals surface area contributed by atoms with E-state index in [-0.39, 0.29) is 34.3 Å². The van der Waals surface area contributed by atoms with Crippen molar-refractivity contribution >= 4 is 18.1 Å². The zero-order valence-electron chi connectivity index (χ0n) is 33.8. The molecular weight excluding hydrogens is 670 g/mol. The molecule has 4 aromatic carbocycles. The lowest BCUT2D eigenvalue weighted by Gasteiger charge is -2.31. The smallest absolute Gasteiger partial charge is 0.275 e. The Bertz CT molecular complexity index is 1810. The summed E-state index contributed by atoms with van der Waals surface area (Å²) in [7, 11) is -0.536. The minimum atomic E-state index is -0.410. The first kappa shape index (κ1) is 40.5. The van der Waals surface area contributed by atoms with E-state index in [1.54, 1.807) is 0 Å². The fourth-order valence-electron chi connectivity index (χ4n) is 6.02. The van der Waals surface area contributed by atoms with Gasteiger partial charge in [0.15, 0.2) is 0 Å². The van der Waals surface area contributed by atoms with Crippen LogP contribution in [0.25, 0.3) is 11.1 Å². The summed E-state index contributed by atoms with van der Waals surface area (Å²) >= 11 is 0. The Hall–Kier alpha value is -3.26. The third kappa shape index (κ3) is 11.1. The second-order valence-electron chi connectivity index (χ2n) is 17.9. The van der Waals surface area contributed by atoms with Crippen LogP contribution < -0.4 is 22.8 Å². The Kier molecular flexibility index (Phi) is 12.2. The van der Waals surface area contributed by atoms with E-state index in [1.807, 2.05) is 24.3 Å². The van der Waals surface area contributed by atoms with Crippen molar-refractivity contribution in [1.29, 1.82) is 0 Å². The molecule has 51 heavy (non-hydrogen) atoms. The Balaban J connectivity index is 1.98.